The number of hydrogen-bond acceptors (Lipinski definition) is 5. The lowest BCUT2D eigenvalue weighted by Gasteiger charge is -2.28. The SMILES string of the molecule is CC(C)[C@H](O)[C@@H](C(=O)ON1C(=O)OC[C@@H]1Cc1ccccc1)C(F)(F)F. The maximum atomic E-state index is 13.2. The first-order valence-corrected chi connectivity index (χ1v) is 8.07. The van der Waals surface area contributed by atoms with Crippen LogP contribution in [0.3, 0.4) is 0 Å². The van der Waals surface area contributed by atoms with Gasteiger partial charge in [0.1, 0.15) is 12.6 Å². The molecule has 9 heteroatoms. The maximum absolute atomic E-state index is 13.2. The molecule has 0 spiro atoms. The van der Waals surface area contributed by atoms with Crippen LogP contribution in [-0.4, -0.2) is 47.2 Å². The number of aliphatic hydroxyl groups is 1. The van der Waals surface area contributed by atoms with E-state index in [-0.39, 0.29) is 13.0 Å². The lowest BCUT2D eigenvalue weighted by atomic mass is 9.93. The van der Waals surface area contributed by atoms with Gasteiger partial charge >= 0.3 is 18.2 Å². The maximum Gasteiger partial charge on any atom is 0.443 e. The summed E-state index contributed by atoms with van der Waals surface area (Å²) in [5, 5.41) is 10.3. The monoisotopic (exact) mass is 375 g/mol. The minimum Gasteiger partial charge on any atom is -0.445 e. The summed E-state index contributed by atoms with van der Waals surface area (Å²) in [6, 6.07) is 8.11. The predicted octanol–water partition coefficient (Wildman–Crippen LogP) is 2.70. The number of hydroxylamine groups is 2. The molecule has 2 rings (SSSR count). The molecule has 1 amide bonds. The first-order valence-electron chi connectivity index (χ1n) is 8.07. The zero-order chi connectivity index (χ0) is 19.5. The van der Waals surface area contributed by atoms with E-state index in [0.717, 1.165) is 5.56 Å². The van der Waals surface area contributed by atoms with Crippen molar-refractivity contribution in [2.45, 2.75) is 38.6 Å². The second kappa shape index (κ2) is 7.94. The fraction of sp³-hybridized carbons (Fsp3) is 0.529. The third-order valence-electron chi connectivity index (χ3n) is 4.04. The van der Waals surface area contributed by atoms with E-state index in [9.17, 15) is 27.9 Å². The molecule has 1 heterocycles. The van der Waals surface area contributed by atoms with Gasteiger partial charge in [0.2, 0.25) is 0 Å². The molecule has 26 heavy (non-hydrogen) atoms. The zero-order valence-corrected chi connectivity index (χ0v) is 14.3. The molecule has 0 radical (unpaired) electrons. The van der Waals surface area contributed by atoms with Gasteiger partial charge in [0.15, 0.2) is 5.92 Å². The molecule has 6 nitrogen and oxygen atoms in total. The van der Waals surface area contributed by atoms with Gasteiger partial charge in [-0.25, -0.2) is 9.59 Å². The normalized spacial score (nSPS) is 20.0. The van der Waals surface area contributed by atoms with Crippen molar-refractivity contribution in [1.82, 2.24) is 5.06 Å². The van der Waals surface area contributed by atoms with E-state index >= 15 is 0 Å². The molecule has 1 aliphatic rings. The number of carbonyl (C=O) groups excluding carboxylic acids is 2. The van der Waals surface area contributed by atoms with Gasteiger partial charge in [-0.3, -0.25) is 0 Å². The first-order chi connectivity index (χ1) is 12.1. The number of carbonyl (C=O) groups is 2. The number of halogens is 3. The van der Waals surface area contributed by atoms with E-state index in [0.29, 0.717) is 5.06 Å². The van der Waals surface area contributed by atoms with Gasteiger partial charge in [0, 0.05) is 0 Å². The summed E-state index contributed by atoms with van der Waals surface area (Å²) >= 11 is 0. The molecule has 0 aliphatic carbocycles. The van der Waals surface area contributed by atoms with Crippen LogP contribution < -0.4 is 0 Å². The Morgan fingerprint density at radius 1 is 1.35 bits per heavy atom. The van der Waals surface area contributed by atoms with E-state index in [2.05, 4.69) is 0 Å². The number of cyclic esters (lactones) is 1. The Bertz CT molecular complexity index is 635. The van der Waals surface area contributed by atoms with Gasteiger partial charge in [-0.15, -0.1) is 5.06 Å². The zero-order valence-electron chi connectivity index (χ0n) is 14.3. The van der Waals surface area contributed by atoms with Gasteiger partial charge in [-0.2, -0.15) is 13.2 Å². The third-order valence-corrected chi connectivity index (χ3v) is 4.04. The van der Waals surface area contributed by atoms with Crippen LogP contribution in [0, 0.1) is 11.8 Å². The van der Waals surface area contributed by atoms with Crippen molar-refractivity contribution in [2.24, 2.45) is 11.8 Å². The van der Waals surface area contributed by atoms with E-state index in [4.69, 9.17) is 9.57 Å². The van der Waals surface area contributed by atoms with Crippen LogP contribution in [0.25, 0.3) is 0 Å². The first kappa shape index (κ1) is 20.0. The van der Waals surface area contributed by atoms with Crippen molar-refractivity contribution in [3.05, 3.63) is 35.9 Å². The van der Waals surface area contributed by atoms with Crippen molar-refractivity contribution in [3.63, 3.8) is 0 Å². The van der Waals surface area contributed by atoms with Gasteiger partial charge in [-0.1, -0.05) is 44.2 Å². The molecular weight excluding hydrogens is 355 g/mol. The minimum absolute atomic E-state index is 0.121. The second-order valence-corrected chi connectivity index (χ2v) is 6.41. The average Bonchev–Trinajstić information content (AvgIpc) is 2.87. The summed E-state index contributed by atoms with van der Waals surface area (Å²) < 4.78 is 44.4. The lowest BCUT2D eigenvalue weighted by molar-refractivity contribution is -0.237. The van der Waals surface area contributed by atoms with Gasteiger partial charge in [0.25, 0.3) is 0 Å². The smallest absolute Gasteiger partial charge is 0.443 e. The number of nitrogens with zero attached hydrogens (tertiary/aromatic N) is 1. The Hall–Kier alpha value is -2.29. The van der Waals surface area contributed by atoms with Crippen molar-refractivity contribution in [3.8, 4) is 0 Å². The van der Waals surface area contributed by atoms with Gasteiger partial charge in [-0.05, 0) is 17.9 Å². The molecule has 1 saturated heterocycles. The quantitative estimate of drug-likeness (QED) is 0.827. The molecule has 0 saturated carbocycles. The number of hydrogen-bond donors (Lipinski definition) is 1. The topological polar surface area (TPSA) is 76.1 Å². The number of rotatable bonds is 6. The van der Waals surface area contributed by atoms with Crippen LogP contribution in [0.15, 0.2) is 30.3 Å². The van der Waals surface area contributed by atoms with Crippen molar-refractivity contribution in [2.75, 3.05) is 6.61 Å². The fourth-order valence-electron chi connectivity index (χ4n) is 2.59. The number of alkyl halides is 3. The highest BCUT2D eigenvalue weighted by atomic mass is 19.4. The predicted molar refractivity (Wildman–Crippen MR) is 83.6 cm³/mol. The molecule has 1 aromatic carbocycles. The molecule has 1 aliphatic heterocycles. The summed E-state index contributed by atoms with van der Waals surface area (Å²) in [4.78, 5) is 28.6. The Morgan fingerprint density at radius 2 is 1.96 bits per heavy atom. The summed E-state index contributed by atoms with van der Waals surface area (Å²) in [7, 11) is 0. The van der Waals surface area contributed by atoms with E-state index in [1.807, 2.05) is 0 Å². The average molecular weight is 375 g/mol. The Kier molecular flexibility index (Phi) is 6.12. The van der Waals surface area contributed by atoms with Crippen molar-refractivity contribution < 1.29 is 37.4 Å². The van der Waals surface area contributed by atoms with Crippen molar-refractivity contribution >= 4 is 12.1 Å². The molecule has 0 bridgehead atoms. The summed E-state index contributed by atoms with van der Waals surface area (Å²) in [5.41, 5.74) is 0.798. The molecule has 144 valence electrons. The van der Waals surface area contributed by atoms with Crippen molar-refractivity contribution in [1.29, 1.82) is 0 Å². The minimum atomic E-state index is -5.01. The summed E-state index contributed by atoms with van der Waals surface area (Å²) in [6.07, 6.45) is -7.81. The molecule has 3 atom stereocenters. The van der Waals surface area contributed by atoms with Crippen LogP contribution in [0.4, 0.5) is 18.0 Å². The fourth-order valence-corrected chi connectivity index (χ4v) is 2.59. The van der Waals surface area contributed by atoms with E-state index in [1.165, 1.54) is 13.8 Å². The third kappa shape index (κ3) is 4.66. The number of amides is 1. The Morgan fingerprint density at radius 3 is 2.50 bits per heavy atom. The van der Waals surface area contributed by atoms with Crippen LogP contribution >= 0.6 is 0 Å². The molecule has 1 aromatic rings. The molecule has 0 aromatic heterocycles. The number of benzene rings is 1. The highest BCUT2D eigenvalue weighted by molar-refractivity contribution is 5.77. The van der Waals surface area contributed by atoms with Crippen LogP contribution in [0.2, 0.25) is 0 Å². The largest absolute Gasteiger partial charge is 0.445 e. The number of aliphatic hydroxyl groups excluding tert-OH is 1. The highest BCUT2D eigenvalue weighted by Crippen LogP contribution is 2.33. The van der Waals surface area contributed by atoms with E-state index in [1.54, 1.807) is 30.3 Å². The molecule has 1 N–H and O–H groups in total. The Balaban J connectivity index is 2.14. The van der Waals surface area contributed by atoms with Gasteiger partial charge < -0.3 is 14.7 Å². The van der Waals surface area contributed by atoms with Gasteiger partial charge in [0.05, 0.1) is 6.10 Å². The van der Waals surface area contributed by atoms with Crippen LogP contribution in [0.1, 0.15) is 19.4 Å². The van der Waals surface area contributed by atoms with Crippen LogP contribution in [0.5, 0.6) is 0 Å². The highest BCUT2D eigenvalue weighted by Gasteiger charge is 2.53. The molecule has 1 fully saturated rings. The second-order valence-electron chi connectivity index (χ2n) is 6.41. The lowest BCUT2D eigenvalue weighted by Crippen LogP contribution is -2.47. The summed E-state index contributed by atoms with van der Waals surface area (Å²) in [6.45, 7) is 2.57. The Labute approximate surface area is 148 Å². The van der Waals surface area contributed by atoms with E-state index < -0.39 is 42.2 Å². The number of ether oxygens (including phenoxy) is 1. The molecular formula is C17H20F3NO5. The standard InChI is InChI=1S/C17H20F3NO5/c1-10(2)14(22)13(17(18,19)20)15(23)26-21-12(9-25-16(21)24)8-11-6-4-3-5-7-11/h3-7,10,12-14,22H,8-9H2,1-2H3/t12-,13-,14-/m0/s1. The van der Waals surface area contributed by atoms with Crippen LogP contribution in [-0.2, 0) is 20.8 Å². The summed E-state index contributed by atoms with van der Waals surface area (Å²) in [5.74, 6) is -5.33. The molecule has 0 unspecified atom stereocenters.